The van der Waals surface area contributed by atoms with Crippen molar-refractivity contribution in [1.29, 1.82) is 0 Å². The summed E-state index contributed by atoms with van der Waals surface area (Å²) in [5.41, 5.74) is 9.47. The molecule has 1 heterocycles. The number of hydrogen-bond donors (Lipinski definition) is 1. The molecular weight excluding hydrogens is 341 g/mol. The first-order valence-electron chi connectivity index (χ1n) is 8.13. The van der Waals surface area contributed by atoms with Crippen LogP contribution in [0.2, 0.25) is 0 Å². The molecule has 5 heteroatoms. The Balaban J connectivity index is 0.00000144. The van der Waals surface area contributed by atoms with E-state index >= 15 is 0 Å². The van der Waals surface area contributed by atoms with Gasteiger partial charge in [0.05, 0.1) is 0 Å². The molecule has 1 fully saturated rings. The minimum Gasteiger partial charge on any atom is -0.399 e. The molecule has 1 aliphatic heterocycles. The molecule has 0 bridgehead atoms. The van der Waals surface area contributed by atoms with E-state index in [1.165, 1.54) is 11.1 Å². The van der Waals surface area contributed by atoms with Crippen molar-refractivity contribution >= 4 is 30.5 Å². The number of nitrogens with zero attached hydrogens (tertiary/aromatic N) is 2. The topological polar surface area (TPSA) is 32.5 Å². The highest BCUT2D eigenvalue weighted by atomic mass is 35.5. The number of benzene rings is 2. The molecule has 0 spiro atoms. The van der Waals surface area contributed by atoms with Crippen molar-refractivity contribution in [3.63, 3.8) is 0 Å². The van der Waals surface area contributed by atoms with Crippen LogP contribution in [-0.2, 0) is 13.0 Å². The summed E-state index contributed by atoms with van der Waals surface area (Å²) < 4.78 is 0. The predicted molar refractivity (Wildman–Crippen MR) is 107 cm³/mol. The van der Waals surface area contributed by atoms with Gasteiger partial charge in [-0.1, -0.05) is 42.5 Å². The van der Waals surface area contributed by atoms with Gasteiger partial charge >= 0.3 is 0 Å². The van der Waals surface area contributed by atoms with Crippen molar-refractivity contribution in [2.45, 2.75) is 13.0 Å². The van der Waals surface area contributed by atoms with Gasteiger partial charge in [-0.2, -0.15) is 0 Å². The Morgan fingerprint density at radius 3 is 2.04 bits per heavy atom. The van der Waals surface area contributed by atoms with E-state index in [0.717, 1.165) is 51.4 Å². The molecule has 1 aliphatic rings. The van der Waals surface area contributed by atoms with Gasteiger partial charge in [-0.3, -0.25) is 4.90 Å². The Kier molecular flexibility index (Phi) is 9.16. The summed E-state index contributed by atoms with van der Waals surface area (Å²) in [7, 11) is 0. The Hall–Kier alpha value is -1.26. The van der Waals surface area contributed by atoms with E-state index in [1.54, 1.807) is 0 Å². The molecule has 0 radical (unpaired) electrons. The summed E-state index contributed by atoms with van der Waals surface area (Å²) in [5, 5.41) is 0. The SMILES string of the molecule is Cl.Cl.Nc1cccc(CN2CCN(CCc3ccccc3)CC2)c1. The highest BCUT2D eigenvalue weighted by Gasteiger charge is 2.16. The van der Waals surface area contributed by atoms with Gasteiger partial charge in [0.1, 0.15) is 0 Å². The number of nitrogen functional groups attached to an aromatic ring is 1. The normalized spacial score (nSPS) is 15.3. The van der Waals surface area contributed by atoms with Gasteiger partial charge < -0.3 is 10.6 Å². The number of anilines is 1. The molecule has 0 saturated carbocycles. The molecule has 24 heavy (non-hydrogen) atoms. The standard InChI is InChI=1S/C19H25N3.2ClH/c20-19-8-4-7-18(15-19)16-22-13-11-21(12-14-22)10-9-17-5-2-1-3-6-17;;/h1-8,15H,9-14,16,20H2;2*1H. The van der Waals surface area contributed by atoms with E-state index in [1.807, 2.05) is 12.1 Å². The number of hydrogen-bond acceptors (Lipinski definition) is 3. The van der Waals surface area contributed by atoms with Gasteiger partial charge in [0.15, 0.2) is 0 Å². The largest absolute Gasteiger partial charge is 0.399 e. The Morgan fingerprint density at radius 2 is 1.38 bits per heavy atom. The van der Waals surface area contributed by atoms with Crippen LogP contribution in [0.4, 0.5) is 5.69 Å². The molecule has 0 aromatic heterocycles. The van der Waals surface area contributed by atoms with Gasteiger partial charge in [-0.05, 0) is 29.7 Å². The lowest BCUT2D eigenvalue weighted by atomic mass is 10.1. The van der Waals surface area contributed by atoms with Gasteiger partial charge in [-0.15, -0.1) is 24.8 Å². The molecule has 2 aromatic rings. The summed E-state index contributed by atoms with van der Waals surface area (Å²) in [6.45, 7) is 6.78. The Morgan fingerprint density at radius 1 is 0.750 bits per heavy atom. The van der Waals surface area contributed by atoms with Crippen molar-refractivity contribution in [3.8, 4) is 0 Å². The van der Waals surface area contributed by atoms with Gasteiger partial charge in [0, 0.05) is 45.0 Å². The predicted octanol–water partition coefficient (Wildman–Crippen LogP) is 3.47. The van der Waals surface area contributed by atoms with Crippen LogP contribution >= 0.6 is 24.8 Å². The van der Waals surface area contributed by atoms with Crippen LogP contribution < -0.4 is 5.73 Å². The van der Waals surface area contributed by atoms with Gasteiger partial charge in [0.2, 0.25) is 0 Å². The van der Waals surface area contributed by atoms with Crippen molar-refractivity contribution in [2.24, 2.45) is 0 Å². The highest BCUT2D eigenvalue weighted by Crippen LogP contribution is 2.12. The maximum atomic E-state index is 5.85. The Labute approximate surface area is 157 Å². The van der Waals surface area contributed by atoms with Crippen LogP contribution in [0.3, 0.4) is 0 Å². The zero-order valence-electron chi connectivity index (χ0n) is 13.9. The molecule has 3 rings (SSSR count). The van der Waals surface area contributed by atoms with Crippen molar-refractivity contribution in [3.05, 3.63) is 65.7 Å². The van der Waals surface area contributed by atoms with E-state index in [2.05, 4.69) is 52.3 Å². The fraction of sp³-hybridized carbons (Fsp3) is 0.368. The number of rotatable bonds is 5. The molecule has 0 aliphatic carbocycles. The second kappa shape index (κ2) is 10.6. The van der Waals surface area contributed by atoms with Crippen LogP contribution in [0.1, 0.15) is 11.1 Å². The third kappa shape index (κ3) is 6.33. The average molecular weight is 368 g/mol. The zero-order valence-corrected chi connectivity index (χ0v) is 15.6. The van der Waals surface area contributed by atoms with Crippen molar-refractivity contribution in [1.82, 2.24) is 9.80 Å². The first-order valence-corrected chi connectivity index (χ1v) is 8.13. The average Bonchev–Trinajstić information content (AvgIpc) is 2.55. The van der Waals surface area contributed by atoms with Crippen LogP contribution in [-0.4, -0.2) is 42.5 Å². The van der Waals surface area contributed by atoms with Gasteiger partial charge in [0.25, 0.3) is 0 Å². The quantitative estimate of drug-likeness (QED) is 0.821. The van der Waals surface area contributed by atoms with Crippen LogP contribution in [0.25, 0.3) is 0 Å². The monoisotopic (exact) mass is 367 g/mol. The maximum Gasteiger partial charge on any atom is 0.0317 e. The van der Waals surface area contributed by atoms with Crippen molar-refractivity contribution < 1.29 is 0 Å². The third-order valence-corrected chi connectivity index (χ3v) is 4.38. The molecule has 0 atom stereocenters. The summed E-state index contributed by atoms with van der Waals surface area (Å²) in [6, 6.07) is 19.0. The minimum absolute atomic E-state index is 0. The Bertz CT molecular complexity index is 584. The summed E-state index contributed by atoms with van der Waals surface area (Å²) >= 11 is 0. The molecule has 0 unspecified atom stereocenters. The van der Waals surface area contributed by atoms with Gasteiger partial charge in [-0.25, -0.2) is 0 Å². The van der Waals surface area contributed by atoms with E-state index in [4.69, 9.17) is 5.73 Å². The molecule has 2 aromatic carbocycles. The van der Waals surface area contributed by atoms with Crippen LogP contribution in [0.15, 0.2) is 54.6 Å². The summed E-state index contributed by atoms with van der Waals surface area (Å²) in [4.78, 5) is 5.09. The molecule has 3 nitrogen and oxygen atoms in total. The number of piperazine rings is 1. The van der Waals surface area contributed by atoms with E-state index in [9.17, 15) is 0 Å². The lowest BCUT2D eigenvalue weighted by Crippen LogP contribution is -2.46. The van der Waals surface area contributed by atoms with Crippen LogP contribution in [0, 0.1) is 0 Å². The summed E-state index contributed by atoms with van der Waals surface area (Å²) in [6.07, 6.45) is 1.15. The molecule has 2 N–H and O–H groups in total. The lowest BCUT2D eigenvalue weighted by Gasteiger charge is -2.34. The number of halogens is 2. The third-order valence-electron chi connectivity index (χ3n) is 4.38. The lowest BCUT2D eigenvalue weighted by molar-refractivity contribution is 0.128. The highest BCUT2D eigenvalue weighted by molar-refractivity contribution is 5.85. The molecule has 0 amide bonds. The van der Waals surface area contributed by atoms with E-state index in [-0.39, 0.29) is 24.8 Å². The first kappa shape index (κ1) is 20.8. The van der Waals surface area contributed by atoms with Crippen LogP contribution in [0.5, 0.6) is 0 Å². The smallest absolute Gasteiger partial charge is 0.0317 e. The first-order chi connectivity index (χ1) is 10.8. The number of nitrogens with two attached hydrogens (primary N) is 1. The van der Waals surface area contributed by atoms with E-state index in [0.29, 0.717) is 0 Å². The molecular formula is C19H27Cl2N3. The fourth-order valence-electron chi connectivity index (χ4n) is 3.05. The van der Waals surface area contributed by atoms with E-state index < -0.39 is 0 Å². The zero-order chi connectivity index (χ0) is 15.2. The molecule has 132 valence electrons. The second-order valence-corrected chi connectivity index (χ2v) is 6.10. The molecule has 1 saturated heterocycles. The minimum atomic E-state index is 0. The second-order valence-electron chi connectivity index (χ2n) is 6.10. The maximum absolute atomic E-state index is 5.85. The fourth-order valence-corrected chi connectivity index (χ4v) is 3.05. The van der Waals surface area contributed by atoms with Crippen molar-refractivity contribution in [2.75, 3.05) is 38.5 Å². The summed E-state index contributed by atoms with van der Waals surface area (Å²) in [5.74, 6) is 0.